The van der Waals surface area contributed by atoms with Crippen molar-refractivity contribution < 1.29 is 38.6 Å². The van der Waals surface area contributed by atoms with Gasteiger partial charge in [0, 0.05) is 25.1 Å². The van der Waals surface area contributed by atoms with Crippen LogP contribution in [0.4, 0.5) is 0 Å². The predicted octanol–water partition coefficient (Wildman–Crippen LogP) is 1.29. The van der Waals surface area contributed by atoms with Crippen molar-refractivity contribution in [2.24, 2.45) is 35.3 Å². The Hall–Kier alpha value is -4.18. The summed E-state index contributed by atoms with van der Waals surface area (Å²) in [5.41, 5.74) is 7.76. The zero-order chi connectivity index (χ0) is 28.0. The van der Waals surface area contributed by atoms with Gasteiger partial charge in [-0.1, -0.05) is 24.3 Å². The van der Waals surface area contributed by atoms with E-state index in [2.05, 4.69) is 5.32 Å². The molecule has 5 atom stereocenters. The molecular formula is C29H28N2O8. The molecule has 2 aromatic carbocycles. The van der Waals surface area contributed by atoms with Crippen molar-refractivity contribution in [3.63, 3.8) is 0 Å². The largest absolute Gasteiger partial charge is 0.507 e. The zero-order valence-corrected chi connectivity index (χ0v) is 21.3. The number of ketones is 4. The molecule has 3 aliphatic rings. The lowest BCUT2D eigenvalue weighted by molar-refractivity contribution is -0.152. The highest BCUT2D eigenvalue weighted by Crippen LogP contribution is 2.48. The summed E-state index contributed by atoms with van der Waals surface area (Å²) in [6.07, 6.45) is 0.589. The summed E-state index contributed by atoms with van der Waals surface area (Å²) in [5, 5.41) is 14.2. The Balaban J connectivity index is 1.33. The van der Waals surface area contributed by atoms with Gasteiger partial charge in [-0.05, 0) is 47.9 Å². The number of hydrogen-bond acceptors (Lipinski definition) is 9. The number of rotatable bonds is 6. The van der Waals surface area contributed by atoms with Crippen molar-refractivity contribution in [1.29, 1.82) is 0 Å². The predicted molar refractivity (Wildman–Crippen MR) is 135 cm³/mol. The van der Waals surface area contributed by atoms with Crippen LogP contribution in [0.2, 0.25) is 0 Å². The van der Waals surface area contributed by atoms with Gasteiger partial charge in [0.1, 0.15) is 5.75 Å². The van der Waals surface area contributed by atoms with Crippen LogP contribution < -0.4 is 11.1 Å². The number of methoxy groups -OCH3 is 1. The van der Waals surface area contributed by atoms with Crippen molar-refractivity contribution in [3.05, 3.63) is 64.2 Å². The highest BCUT2D eigenvalue weighted by atomic mass is 16.5. The minimum absolute atomic E-state index is 0.0792. The molecule has 5 rings (SSSR count). The van der Waals surface area contributed by atoms with E-state index >= 15 is 0 Å². The number of ether oxygens (including phenoxy) is 1. The molecule has 0 bridgehead atoms. The lowest BCUT2D eigenvalue weighted by Gasteiger charge is -2.44. The van der Waals surface area contributed by atoms with Crippen LogP contribution in [-0.2, 0) is 43.4 Å². The summed E-state index contributed by atoms with van der Waals surface area (Å²) < 4.78 is 4.69. The van der Waals surface area contributed by atoms with Crippen LogP contribution in [0.3, 0.4) is 0 Å². The van der Waals surface area contributed by atoms with E-state index in [1.165, 1.54) is 7.11 Å². The van der Waals surface area contributed by atoms with Crippen molar-refractivity contribution in [1.82, 2.24) is 5.32 Å². The molecule has 0 aliphatic heterocycles. The van der Waals surface area contributed by atoms with Crippen molar-refractivity contribution in [2.45, 2.75) is 32.4 Å². The monoisotopic (exact) mass is 532 g/mol. The molecule has 0 aromatic heterocycles. The number of esters is 1. The molecule has 0 radical (unpaired) electrons. The molecule has 0 saturated heterocycles. The first-order valence-electron chi connectivity index (χ1n) is 12.8. The second-order valence-corrected chi connectivity index (χ2v) is 10.5. The standard InChI is InChI=1S/C29H28N2O8/c1-39-29(38)14-4-2-13(3-5-14)11-31-12-16-7-6-15-8-17-9-18-10-19(32)23(28(30)37)27(36)22(18)26(35)21(17)25(34)20(15)24(16)33/h2-7,17-18,21-23,31,33H,8-12H2,1H3,(H2,30,37). The fraction of sp³-hybridized carbons (Fsp3) is 0.379. The van der Waals surface area contributed by atoms with Crippen LogP contribution >= 0.6 is 0 Å². The number of carbonyl (C=O) groups is 6. The maximum absolute atomic E-state index is 13.6. The molecule has 2 saturated carbocycles. The molecule has 10 nitrogen and oxygen atoms in total. The number of phenolic OH excluding ortho intramolecular Hbond substituents is 1. The number of hydrogen-bond donors (Lipinski definition) is 3. The Morgan fingerprint density at radius 3 is 2.31 bits per heavy atom. The molecule has 0 spiro atoms. The van der Waals surface area contributed by atoms with Crippen LogP contribution in [0.15, 0.2) is 36.4 Å². The lowest BCUT2D eigenvalue weighted by Crippen LogP contribution is -2.56. The number of nitrogens with one attached hydrogen (secondary N) is 1. The molecule has 5 unspecified atom stereocenters. The number of aromatic hydroxyl groups is 1. The Labute approximate surface area is 223 Å². The van der Waals surface area contributed by atoms with Crippen molar-refractivity contribution in [2.75, 3.05) is 7.11 Å². The van der Waals surface area contributed by atoms with Gasteiger partial charge in [0.15, 0.2) is 29.1 Å². The number of benzene rings is 2. The summed E-state index contributed by atoms with van der Waals surface area (Å²) in [4.78, 5) is 75.7. The number of Topliss-reactive ketones (excluding diaryl/α,β-unsaturated/α-hetero) is 4. The van der Waals surface area contributed by atoms with Gasteiger partial charge in [0.25, 0.3) is 0 Å². The minimum atomic E-state index is -1.65. The quantitative estimate of drug-likeness (QED) is 0.366. The third-order valence-electron chi connectivity index (χ3n) is 8.20. The van der Waals surface area contributed by atoms with Gasteiger partial charge in [0.2, 0.25) is 5.91 Å². The molecule has 3 aliphatic carbocycles. The third-order valence-corrected chi connectivity index (χ3v) is 8.20. The van der Waals surface area contributed by atoms with E-state index in [0.29, 0.717) is 36.1 Å². The van der Waals surface area contributed by atoms with Gasteiger partial charge in [-0.3, -0.25) is 24.0 Å². The molecule has 39 heavy (non-hydrogen) atoms. The summed E-state index contributed by atoms with van der Waals surface area (Å²) in [6, 6.07) is 10.4. The van der Waals surface area contributed by atoms with E-state index in [-0.39, 0.29) is 30.2 Å². The topological polar surface area (TPSA) is 170 Å². The first-order chi connectivity index (χ1) is 18.6. The van der Waals surface area contributed by atoms with E-state index in [1.54, 1.807) is 36.4 Å². The van der Waals surface area contributed by atoms with Gasteiger partial charge in [0.05, 0.1) is 30.1 Å². The summed E-state index contributed by atoms with van der Waals surface area (Å²) in [6.45, 7) is 0.665. The number of phenols is 1. The SMILES string of the molecule is COC(=O)c1ccc(CNCc2ccc3c(c2O)C(=O)C2C(=O)C4C(=O)C(C(N)=O)C(=O)CC4CC2C3)cc1. The average Bonchev–Trinajstić information content (AvgIpc) is 2.89. The van der Waals surface area contributed by atoms with Crippen LogP contribution in [0.1, 0.15) is 50.2 Å². The van der Waals surface area contributed by atoms with Crippen molar-refractivity contribution >= 4 is 35.0 Å². The Kier molecular flexibility index (Phi) is 6.90. The Morgan fingerprint density at radius 1 is 0.949 bits per heavy atom. The number of primary amides is 1. The third kappa shape index (κ3) is 4.54. The van der Waals surface area contributed by atoms with Crippen molar-refractivity contribution in [3.8, 4) is 5.75 Å². The van der Waals surface area contributed by atoms with E-state index in [0.717, 1.165) is 5.56 Å². The molecular weight excluding hydrogens is 504 g/mol. The molecule has 2 fully saturated rings. The molecule has 0 heterocycles. The number of amides is 1. The first kappa shape index (κ1) is 26.4. The summed E-state index contributed by atoms with van der Waals surface area (Å²) >= 11 is 0. The molecule has 1 amide bonds. The number of carbonyl (C=O) groups excluding carboxylic acids is 6. The van der Waals surface area contributed by atoms with E-state index < -0.39 is 58.7 Å². The van der Waals surface area contributed by atoms with Gasteiger partial charge in [-0.25, -0.2) is 4.79 Å². The maximum Gasteiger partial charge on any atom is 0.337 e. The van der Waals surface area contributed by atoms with Gasteiger partial charge in [-0.15, -0.1) is 0 Å². The van der Waals surface area contributed by atoms with Crippen LogP contribution in [0.5, 0.6) is 5.75 Å². The number of fused-ring (bicyclic) bond motifs is 3. The maximum atomic E-state index is 13.6. The average molecular weight is 533 g/mol. The lowest BCUT2D eigenvalue weighted by atomic mass is 9.56. The van der Waals surface area contributed by atoms with E-state index in [9.17, 15) is 33.9 Å². The van der Waals surface area contributed by atoms with Crippen LogP contribution in [-0.4, -0.2) is 47.2 Å². The number of nitrogens with two attached hydrogens (primary N) is 1. The van der Waals surface area contributed by atoms with Crippen LogP contribution in [0.25, 0.3) is 0 Å². The van der Waals surface area contributed by atoms with Gasteiger partial charge in [-0.2, -0.15) is 0 Å². The highest BCUT2D eigenvalue weighted by Gasteiger charge is 2.57. The second-order valence-electron chi connectivity index (χ2n) is 10.5. The molecule has 4 N–H and O–H groups in total. The fourth-order valence-corrected chi connectivity index (χ4v) is 6.37. The minimum Gasteiger partial charge on any atom is -0.507 e. The van der Waals surface area contributed by atoms with Gasteiger partial charge >= 0.3 is 5.97 Å². The molecule has 2 aromatic rings. The second kappa shape index (κ2) is 10.2. The first-order valence-corrected chi connectivity index (χ1v) is 12.8. The Bertz CT molecular complexity index is 1410. The van der Waals surface area contributed by atoms with E-state index in [4.69, 9.17) is 10.5 Å². The fourth-order valence-electron chi connectivity index (χ4n) is 6.37. The van der Waals surface area contributed by atoms with Crippen LogP contribution in [0, 0.1) is 29.6 Å². The smallest absolute Gasteiger partial charge is 0.337 e. The zero-order valence-electron chi connectivity index (χ0n) is 21.3. The normalized spacial score (nSPS) is 25.9. The molecule has 202 valence electrons. The van der Waals surface area contributed by atoms with Gasteiger partial charge < -0.3 is 20.9 Å². The highest BCUT2D eigenvalue weighted by molar-refractivity contribution is 6.27. The summed E-state index contributed by atoms with van der Waals surface area (Å²) in [7, 11) is 1.31. The van der Waals surface area contributed by atoms with E-state index in [1.807, 2.05) is 0 Å². The molecule has 10 heteroatoms. The summed E-state index contributed by atoms with van der Waals surface area (Å²) in [5.74, 6) is -9.16. The Morgan fingerprint density at radius 2 is 1.64 bits per heavy atom.